The van der Waals surface area contributed by atoms with E-state index >= 15 is 0 Å². The van der Waals surface area contributed by atoms with Crippen LogP contribution in [0.25, 0.3) is 0 Å². The van der Waals surface area contributed by atoms with E-state index in [1.807, 2.05) is 12.1 Å². The number of benzene rings is 1. The summed E-state index contributed by atoms with van der Waals surface area (Å²) in [6.07, 6.45) is 2.16. The molecule has 0 amide bonds. The lowest BCUT2D eigenvalue weighted by Gasteiger charge is -2.42. The molecule has 0 aromatic heterocycles. The van der Waals surface area contributed by atoms with Gasteiger partial charge in [-0.1, -0.05) is 32.9 Å². The molecule has 0 fully saturated rings. The molecule has 3 heteroatoms. The summed E-state index contributed by atoms with van der Waals surface area (Å²) < 4.78 is 5.29. The summed E-state index contributed by atoms with van der Waals surface area (Å²) in [6, 6.07) is 8.28. The Hall–Kier alpha value is -1.06. The number of methoxy groups -OCH3 is 1. The standard InChI is InChI=1S/C16H28N2O/c1-5-16(6-2,13-17)18(7-3)12-14-9-8-10-15(11-14)19-4/h8-11H,5-7,12-13,17H2,1-4H3. The van der Waals surface area contributed by atoms with Gasteiger partial charge in [0.1, 0.15) is 5.75 Å². The second-order valence-electron chi connectivity index (χ2n) is 5.00. The second kappa shape index (κ2) is 7.51. The lowest BCUT2D eigenvalue weighted by Crippen LogP contribution is -2.52. The van der Waals surface area contributed by atoms with Crippen molar-refractivity contribution >= 4 is 0 Å². The van der Waals surface area contributed by atoms with Gasteiger partial charge in [0.05, 0.1) is 7.11 Å². The maximum absolute atomic E-state index is 6.05. The Kier molecular flexibility index (Phi) is 6.32. The molecule has 0 aliphatic carbocycles. The molecule has 3 nitrogen and oxygen atoms in total. The van der Waals surface area contributed by atoms with Crippen LogP contribution in [0.3, 0.4) is 0 Å². The quantitative estimate of drug-likeness (QED) is 0.784. The largest absolute Gasteiger partial charge is 0.497 e. The number of nitrogens with two attached hydrogens (primary N) is 1. The average molecular weight is 264 g/mol. The molecule has 1 aromatic rings. The topological polar surface area (TPSA) is 38.5 Å². The number of rotatable bonds is 8. The molecule has 0 unspecified atom stereocenters. The summed E-state index contributed by atoms with van der Waals surface area (Å²) in [5, 5.41) is 0. The van der Waals surface area contributed by atoms with Crippen molar-refractivity contribution in [2.75, 3.05) is 20.2 Å². The first kappa shape index (κ1) is 16.0. The monoisotopic (exact) mass is 264 g/mol. The van der Waals surface area contributed by atoms with Crippen LogP contribution in [-0.2, 0) is 6.54 Å². The number of likely N-dealkylation sites (N-methyl/N-ethyl adjacent to an activating group) is 1. The molecule has 2 N–H and O–H groups in total. The zero-order valence-corrected chi connectivity index (χ0v) is 12.8. The Balaban J connectivity index is 2.91. The van der Waals surface area contributed by atoms with Gasteiger partial charge in [-0.2, -0.15) is 0 Å². The summed E-state index contributed by atoms with van der Waals surface area (Å²) in [5.74, 6) is 0.917. The van der Waals surface area contributed by atoms with E-state index in [0.29, 0.717) is 6.54 Å². The minimum atomic E-state index is 0.109. The molecule has 0 saturated carbocycles. The third-order valence-corrected chi connectivity index (χ3v) is 4.26. The molecule has 108 valence electrons. The van der Waals surface area contributed by atoms with Gasteiger partial charge in [-0.25, -0.2) is 0 Å². The minimum Gasteiger partial charge on any atom is -0.497 e. The molecule has 1 aromatic carbocycles. The zero-order valence-electron chi connectivity index (χ0n) is 12.8. The fourth-order valence-electron chi connectivity index (χ4n) is 2.72. The third-order valence-electron chi connectivity index (χ3n) is 4.26. The number of hydrogen-bond acceptors (Lipinski definition) is 3. The van der Waals surface area contributed by atoms with E-state index in [0.717, 1.165) is 31.7 Å². The van der Waals surface area contributed by atoms with Crippen LogP contribution in [-0.4, -0.2) is 30.6 Å². The maximum Gasteiger partial charge on any atom is 0.119 e. The SMILES string of the molecule is CCN(Cc1cccc(OC)c1)C(CC)(CC)CN. The van der Waals surface area contributed by atoms with Crippen molar-refractivity contribution in [3.63, 3.8) is 0 Å². The van der Waals surface area contributed by atoms with Gasteiger partial charge >= 0.3 is 0 Å². The molecule has 0 aliphatic heterocycles. The third kappa shape index (κ3) is 3.71. The maximum atomic E-state index is 6.05. The van der Waals surface area contributed by atoms with Crippen LogP contribution in [0.1, 0.15) is 39.2 Å². The number of ether oxygens (including phenoxy) is 1. The van der Waals surface area contributed by atoms with Crippen molar-refractivity contribution in [2.24, 2.45) is 5.73 Å². The Labute approximate surface area is 117 Å². The molecular formula is C16H28N2O. The first-order valence-corrected chi connectivity index (χ1v) is 7.23. The Morgan fingerprint density at radius 1 is 1.21 bits per heavy atom. The Bertz CT molecular complexity index is 367. The van der Waals surface area contributed by atoms with Crippen molar-refractivity contribution in [3.05, 3.63) is 29.8 Å². The molecule has 19 heavy (non-hydrogen) atoms. The molecule has 0 radical (unpaired) electrons. The van der Waals surface area contributed by atoms with Crippen molar-refractivity contribution in [3.8, 4) is 5.75 Å². The van der Waals surface area contributed by atoms with E-state index in [1.165, 1.54) is 5.56 Å². The van der Waals surface area contributed by atoms with Crippen LogP contribution < -0.4 is 10.5 Å². The fraction of sp³-hybridized carbons (Fsp3) is 0.625. The van der Waals surface area contributed by atoms with Gasteiger partial charge in [-0.05, 0) is 37.1 Å². The highest BCUT2D eigenvalue weighted by Gasteiger charge is 2.30. The van der Waals surface area contributed by atoms with Gasteiger partial charge in [0.15, 0.2) is 0 Å². The van der Waals surface area contributed by atoms with Crippen molar-refractivity contribution in [1.29, 1.82) is 0 Å². The van der Waals surface area contributed by atoms with Crippen LogP contribution >= 0.6 is 0 Å². The van der Waals surface area contributed by atoms with Crippen molar-refractivity contribution in [2.45, 2.75) is 45.7 Å². The molecule has 0 saturated heterocycles. The Morgan fingerprint density at radius 2 is 1.89 bits per heavy atom. The summed E-state index contributed by atoms with van der Waals surface area (Å²) >= 11 is 0. The normalized spacial score (nSPS) is 11.9. The van der Waals surface area contributed by atoms with Gasteiger partial charge in [-0.3, -0.25) is 4.90 Å². The summed E-state index contributed by atoms with van der Waals surface area (Å²) in [4.78, 5) is 2.49. The highest BCUT2D eigenvalue weighted by atomic mass is 16.5. The van der Waals surface area contributed by atoms with Gasteiger partial charge in [0, 0.05) is 18.6 Å². The predicted octanol–water partition coefficient (Wildman–Crippen LogP) is 3.03. The average Bonchev–Trinajstić information content (AvgIpc) is 2.48. The van der Waals surface area contributed by atoms with Gasteiger partial charge in [0.25, 0.3) is 0 Å². The molecular weight excluding hydrogens is 236 g/mol. The zero-order chi connectivity index (χ0) is 14.3. The van der Waals surface area contributed by atoms with E-state index in [-0.39, 0.29) is 5.54 Å². The first-order chi connectivity index (χ1) is 9.15. The van der Waals surface area contributed by atoms with Crippen molar-refractivity contribution in [1.82, 2.24) is 4.90 Å². The molecule has 1 rings (SSSR count). The van der Waals surface area contributed by atoms with Crippen LogP contribution in [0.15, 0.2) is 24.3 Å². The summed E-state index contributed by atoms with van der Waals surface area (Å²) in [6.45, 7) is 9.30. The molecule has 0 atom stereocenters. The highest BCUT2D eigenvalue weighted by Crippen LogP contribution is 2.25. The van der Waals surface area contributed by atoms with Crippen LogP contribution in [0.4, 0.5) is 0 Å². The molecule has 0 bridgehead atoms. The van der Waals surface area contributed by atoms with Crippen LogP contribution in [0.2, 0.25) is 0 Å². The highest BCUT2D eigenvalue weighted by molar-refractivity contribution is 5.28. The number of hydrogen-bond donors (Lipinski definition) is 1. The smallest absolute Gasteiger partial charge is 0.119 e. The van der Waals surface area contributed by atoms with Gasteiger partial charge in [-0.15, -0.1) is 0 Å². The van der Waals surface area contributed by atoms with E-state index in [2.05, 4.69) is 37.8 Å². The summed E-state index contributed by atoms with van der Waals surface area (Å²) in [5.41, 5.74) is 7.44. The van der Waals surface area contributed by atoms with E-state index < -0.39 is 0 Å². The van der Waals surface area contributed by atoms with Crippen LogP contribution in [0.5, 0.6) is 5.75 Å². The minimum absolute atomic E-state index is 0.109. The second-order valence-corrected chi connectivity index (χ2v) is 5.00. The molecule has 0 aliphatic rings. The fourth-order valence-corrected chi connectivity index (χ4v) is 2.72. The molecule has 0 spiro atoms. The van der Waals surface area contributed by atoms with E-state index in [1.54, 1.807) is 7.11 Å². The lowest BCUT2D eigenvalue weighted by molar-refractivity contribution is 0.0827. The summed E-state index contributed by atoms with van der Waals surface area (Å²) in [7, 11) is 1.71. The van der Waals surface area contributed by atoms with Gasteiger partial charge < -0.3 is 10.5 Å². The molecule has 0 heterocycles. The van der Waals surface area contributed by atoms with E-state index in [9.17, 15) is 0 Å². The predicted molar refractivity (Wildman–Crippen MR) is 81.4 cm³/mol. The lowest BCUT2D eigenvalue weighted by atomic mass is 9.90. The van der Waals surface area contributed by atoms with Gasteiger partial charge in [0.2, 0.25) is 0 Å². The number of nitrogens with zero attached hydrogens (tertiary/aromatic N) is 1. The first-order valence-electron chi connectivity index (χ1n) is 7.23. The van der Waals surface area contributed by atoms with Crippen molar-refractivity contribution < 1.29 is 4.74 Å². The Morgan fingerprint density at radius 3 is 2.37 bits per heavy atom. The van der Waals surface area contributed by atoms with E-state index in [4.69, 9.17) is 10.5 Å². The van der Waals surface area contributed by atoms with Crippen LogP contribution in [0, 0.1) is 0 Å².